The number of aromatic nitrogens is 5. The lowest BCUT2D eigenvalue weighted by molar-refractivity contribution is -0.126. The lowest BCUT2D eigenvalue weighted by Crippen LogP contribution is -2.48. The monoisotopic (exact) mass is 405 g/mol. The Morgan fingerprint density at radius 3 is 2.53 bits per heavy atom. The van der Waals surface area contributed by atoms with Crippen LogP contribution in [0.4, 0.5) is 5.82 Å². The molecule has 152 valence electrons. The molecule has 2 aliphatic heterocycles. The Kier molecular flexibility index (Phi) is 4.72. The molecule has 2 aromatic heterocycles. The maximum atomic E-state index is 12.5. The van der Waals surface area contributed by atoms with E-state index in [-0.39, 0.29) is 12.7 Å². The number of benzene rings is 1. The standard InChI is InChI=1S/C20H19N7O3/c28-20(6-2-15-1-3-16-17(11-15)30-14-29-16)26-9-7-25(8-10-26)18-4-5-19(24-23-18)27-13-21-12-22-27/h1-6,11-13H,7-10,14H2/b6-2+. The van der Waals surface area contributed by atoms with Gasteiger partial charge in [-0.15, -0.1) is 10.2 Å². The van der Waals surface area contributed by atoms with Gasteiger partial charge in [-0.3, -0.25) is 4.79 Å². The summed E-state index contributed by atoms with van der Waals surface area (Å²) in [5.74, 6) is 2.81. The van der Waals surface area contributed by atoms with E-state index >= 15 is 0 Å². The second-order valence-corrected chi connectivity index (χ2v) is 6.85. The van der Waals surface area contributed by atoms with Crippen LogP contribution < -0.4 is 14.4 Å². The van der Waals surface area contributed by atoms with Gasteiger partial charge in [-0.2, -0.15) is 5.10 Å². The summed E-state index contributed by atoms with van der Waals surface area (Å²) in [5.41, 5.74) is 0.897. The first-order valence-corrected chi connectivity index (χ1v) is 9.56. The van der Waals surface area contributed by atoms with Gasteiger partial charge in [-0.05, 0) is 35.9 Å². The van der Waals surface area contributed by atoms with Gasteiger partial charge in [0.15, 0.2) is 23.1 Å². The molecule has 1 aromatic carbocycles. The fourth-order valence-electron chi connectivity index (χ4n) is 3.38. The Balaban J connectivity index is 1.17. The zero-order valence-electron chi connectivity index (χ0n) is 16.1. The molecular formula is C20H19N7O3. The first kappa shape index (κ1) is 18.1. The number of hydrogen-bond acceptors (Lipinski definition) is 8. The quantitative estimate of drug-likeness (QED) is 0.596. The number of amides is 1. The largest absolute Gasteiger partial charge is 0.454 e. The van der Waals surface area contributed by atoms with E-state index in [4.69, 9.17) is 9.47 Å². The van der Waals surface area contributed by atoms with E-state index in [1.165, 1.54) is 6.33 Å². The predicted molar refractivity (Wildman–Crippen MR) is 107 cm³/mol. The van der Waals surface area contributed by atoms with E-state index in [1.807, 2.05) is 35.2 Å². The third kappa shape index (κ3) is 3.66. The Morgan fingerprint density at radius 1 is 0.967 bits per heavy atom. The third-order valence-electron chi connectivity index (χ3n) is 5.02. The maximum Gasteiger partial charge on any atom is 0.246 e. The second kappa shape index (κ2) is 7.82. The summed E-state index contributed by atoms with van der Waals surface area (Å²) in [7, 11) is 0. The Labute approximate surface area is 172 Å². The summed E-state index contributed by atoms with van der Waals surface area (Å²) in [6, 6.07) is 9.37. The normalized spacial score (nSPS) is 15.7. The molecule has 10 heteroatoms. The minimum absolute atomic E-state index is 0.0140. The SMILES string of the molecule is O=C(/C=C/c1ccc2c(c1)OCO2)N1CCN(c2ccc(-n3cncn3)nn2)CC1. The van der Waals surface area contributed by atoms with Crippen molar-refractivity contribution in [2.45, 2.75) is 0 Å². The van der Waals surface area contributed by atoms with Crippen LogP contribution >= 0.6 is 0 Å². The maximum absolute atomic E-state index is 12.5. The molecule has 0 bridgehead atoms. The minimum Gasteiger partial charge on any atom is -0.454 e. The van der Waals surface area contributed by atoms with Gasteiger partial charge >= 0.3 is 0 Å². The summed E-state index contributed by atoms with van der Waals surface area (Å²) in [5, 5.41) is 12.5. The summed E-state index contributed by atoms with van der Waals surface area (Å²) < 4.78 is 12.2. The molecule has 0 unspecified atom stereocenters. The van der Waals surface area contributed by atoms with Crippen molar-refractivity contribution < 1.29 is 14.3 Å². The van der Waals surface area contributed by atoms with Crippen molar-refractivity contribution in [3.05, 3.63) is 54.6 Å². The van der Waals surface area contributed by atoms with Crippen molar-refractivity contribution >= 4 is 17.8 Å². The smallest absolute Gasteiger partial charge is 0.246 e. The molecule has 3 aromatic rings. The average molecular weight is 405 g/mol. The van der Waals surface area contributed by atoms with Crippen molar-refractivity contribution in [1.29, 1.82) is 0 Å². The van der Waals surface area contributed by atoms with Crippen LogP contribution in [0.1, 0.15) is 5.56 Å². The molecule has 5 rings (SSSR count). The van der Waals surface area contributed by atoms with Gasteiger partial charge in [-0.1, -0.05) is 6.07 Å². The number of carbonyl (C=O) groups is 1. The topological polar surface area (TPSA) is 98.5 Å². The highest BCUT2D eigenvalue weighted by atomic mass is 16.7. The molecule has 0 saturated carbocycles. The highest BCUT2D eigenvalue weighted by Crippen LogP contribution is 2.32. The Morgan fingerprint density at radius 2 is 1.77 bits per heavy atom. The summed E-state index contributed by atoms with van der Waals surface area (Å²) in [4.78, 5) is 20.4. The second-order valence-electron chi connectivity index (χ2n) is 6.85. The molecule has 2 aliphatic rings. The summed E-state index contributed by atoms with van der Waals surface area (Å²) >= 11 is 0. The van der Waals surface area contributed by atoms with E-state index in [0.717, 1.165) is 17.1 Å². The molecule has 0 radical (unpaired) electrons. The van der Waals surface area contributed by atoms with Gasteiger partial charge in [0.1, 0.15) is 12.7 Å². The Bertz CT molecular complexity index is 1060. The van der Waals surface area contributed by atoms with Crippen molar-refractivity contribution in [2.75, 3.05) is 37.9 Å². The van der Waals surface area contributed by atoms with Gasteiger partial charge < -0.3 is 19.3 Å². The van der Waals surface area contributed by atoms with Crippen LogP contribution in [0.15, 0.2) is 49.1 Å². The lowest BCUT2D eigenvalue weighted by Gasteiger charge is -2.34. The van der Waals surface area contributed by atoms with E-state index in [9.17, 15) is 4.79 Å². The molecule has 0 spiro atoms. The third-order valence-corrected chi connectivity index (χ3v) is 5.02. The van der Waals surface area contributed by atoms with Crippen LogP contribution in [0.25, 0.3) is 11.9 Å². The zero-order chi connectivity index (χ0) is 20.3. The van der Waals surface area contributed by atoms with Crippen LogP contribution in [0, 0.1) is 0 Å². The molecular weight excluding hydrogens is 386 g/mol. The first-order chi connectivity index (χ1) is 14.8. The number of anilines is 1. The zero-order valence-corrected chi connectivity index (χ0v) is 16.1. The molecule has 4 heterocycles. The highest BCUT2D eigenvalue weighted by molar-refractivity contribution is 5.92. The van der Waals surface area contributed by atoms with Crippen LogP contribution in [-0.2, 0) is 4.79 Å². The number of nitrogens with zero attached hydrogens (tertiary/aromatic N) is 7. The molecule has 0 aliphatic carbocycles. The molecule has 0 atom stereocenters. The number of fused-ring (bicyclic) bond motifs is 1. The fourth-order valence-corrected chi connectivity index (χ4v) is 3.38. The van der Waals surface area contributed by atoms with E-state index in [0.29, 0.717) is 37.7 Å². The van der Waals surface area contributed by atoms with Crippen LogP contribution in [0.3, 0.4) is 0 Å². The van der Waals surface area contributed by atoms with Crippen molar-refractivity contribution in [3.63, 3.8) is 0 Å². The van der Waals surface area contributed by atoms with Gasteiger partial charge in [0, 0.05) is 32.3 Å². The van der Waals surface area contributed by atoms with E-state index < -0.39 is 0 Å². The lowest BCUT2D eigenvalue weighted by atomic mass is 10.2. The van der Waals surface area contributed by atoms with Gasteiger partial charge in [0.2, 0.25) is 12.7 Å². The van der Waals surface area contributed by atoms with Crippen molar-refractivity contribution in [2.24, 2.45) is 0 Å². The van der Waals surface area contributed by atoms with Crippen LogP contribution in [0.5, 0.6) is 11.5 Å². The number of ether oxygens (including phenoxy) is 2. The molecule has 30 heavy (non-hydrogen) atoms. The molecule has 10 nitrogen and oxygen atoms in total. The van der Waals surface area contributed by atoms with E-state index in [1.54, 1.807) is 23.2 Å². The minimum atomic E-state index is -0.0140. The van der Waals surface area contributed by atoms with Gasteiger partial charge in [0.05, 0.1) is 0 Å². The summed E-state index contributed by atoms with van der Waals surface area (Å²) in [6.45, 7) is 2.87. The fraction of sp³-hybridized carbons (Fsp3) is 0.250. The van der Waals surface area contributed by atoms with Crippen LogP contribution in [0.2, 0.25) is 0 Å². The average Bonchev–Trinajstić information content (AvgIpc) is 3.49. The number of rotatable bonds is 4. The number of carbonyl (C=O) groups excluding carboxylic acids is 1. The molecule has 1 fully saturated rings. The van der Waals surface area contributed by atoms with Gasteiger partial charge in [0.25, 0.3) is 0 Å². The predicted octanol–water partition coefficient (Wildman–Crippen LogP) is 1.15. The Hall–Kier alpha value is -3.95. The van der Waals surface area contributed by atoms with Gasteiger partial charge in [-0.25, -0.2) is 9.67 Å². The molecule has 1 saturated heterocycles. The number of hydrogen-bond donors (Lipinski definition) is 0. The summed E-state index contributed by atoms with van der Waals surface area (Å²) in [6.07, 6.45) is 6.42. The number of piperazine rings is 1. The first-order valence-electron chi connectivity index (χ1n) is 9.56. The van der Waals surface area contributed by atoms with E-state index in [2.05, 4.69) is 25.2 Å². The molecule has 1 amide bonds. The van der Waals surface area contributed by atoms with Crippen molar-refractivity contribution in [1.82, 2.24) is 29.9 Å². The van der Waals surface area contributed by atoms with Crippen LogP contribution in [-0.4, -0.2) is 68.7 Å². The molecule has 0 N–H and O–H groups in total. The van der Waals surface area contributed by atoms with Crippen molar-refractivity contribution in [3.8, 4) is 17.3 Å². The highest BCUT2D eigenvalue weighted by Gasteiger charge is 2.21.